The van der Waals surface area contributed by atoms with E-state index in [-0.39, 0.29) is 67.7 Å². The van der Waals surface area contributed by atoms with E-state index in [4.69, 9.17) is 15.0 Å². The van der Waals surface area contributed by atoms with Crippen molar-refractivity contribution in [2.45, 2.75) is 0 Å². The first-order valence-electron chi connectivity index (χ1n) is 0.651. The zero-order valence-electron chi connectivity index (χ0n) is 3.15. The molecule has 0 atom stereocenters. The van der Waals surface area contributed by atoms with Crippen molar-refractivity contribution in [2.24, 2.45) is 0 Å². The van der Waals surface area contributed by atoms with E-state index >= 15 is 0 Å². The maximum Gasteiger partial charge on any atom is 0.503 e. The van der Waals surface area contributed by atoms with E-state index in [2.05, 4.69) is 0 Å². The molecule has 0 bridgehead atoms. The van der Waals surface area contributed by atoms with Gasteiger partial charge in [0.05, 0.1) is 0 Å². The van der Waals surface area contributed by atoms with Crippen molar-refractivity contribution < 1.29 is 82.7 Å². The van der Waals surface area contributed by atoms with E-state index in [9.17, 15) is 0 Å². The van der Waals surface area contributed by atoms with Gasteiger partial charge in [-0.05, 0) is 0 Å². The molecule has 0 aromatic heterocycles. The third-order valence-corrected chi connectivity index (χ3v) is 0. The van der Waals surface area contributed by atoms with Crippen LogP contribution in [0.25, 0.3) is 0 Å². The molecule has 0 rings (SSSR count). The molecule has 0 aliphatic heterocycles. The Bertz CT molecular complexity index is 42.3. The number of rotatable bonds is 0. The monoisotopic (exact) mass is 294 g/mol. The Morgan fingerprint density at radius 3 is 1.25 bits per heavy atom. The Labute approximate surface area is 88.3 Å². The number of carboxylic acid groups (broad SMARTS) is 2. The van der Waals surface area contributed by atoms with Crippen LogP contribution in [0.2, 0.25) is 0 Å². The van der Waals surface area contributed by atoms with Crippen LogP contribution < -0.4 is 0 Å². The van der Waals surface area contributed by atoms with Crippen LogP contribution in [0.1, 0.15) is 0 Å². The molecule has 0 saturated carbocycles. The topological polar surface area (TPSA) is 57.5 Å². The van der Waals surface area contributed by atoms with Crippen molar-refractivity contribution in [3.63, 3.8) is 0 Å². The van der Waals surface area contributed by atoms with E-state index in [1.807, 2.05) is 0 Å². The standard InChI is InChI=1S/CH2O3.Cu.Fe.Mn.Ni/c2-1(3)4;;;;/h(H2,2,3,4);;;;. The summed E-state index contributed by atoms with van der Waals surface area (Å²) in [7, 11) is 0. The number of hydrogen-bond acceptors (Lipinski definition) is 1. The van der Waals surface area contributed by atoms with Gasteiger partial charge in [0.15, 0.2) is 0 Å². The number of hydrogen-bond donors (Lipinski definition) is 2. The smallest absolute Gasteiger partial charge is 0.450 e. The summed E-state index contributed by atoms with van der Waals surface area (Å²) >= 11 is 0. The fourth-order valence-electron chi connectivity index (χ4n) is 0. The van der Waals surface area contributed by atoms with E-state index in [1.54, 1.807) is 0 Å². The molecular weight excluding hydrogens is 293 g/mol. The summed E-state index contributed by atoms with van der Waals surface area (Å²) in [6.07, 6.45) is -1.83. The summed E-state index contributed by atoms with van der Waals surface area (Å²) in [6.45, 7) is 0. The average molecular weight is 295 g/mol. The molecule has 60 valence electrons. The first kappa shape index (κ1) is 34.6. The van der Waals surface area contributed by atoms with Crippen LogP contribution in [-0.4, -0.2) is 16.4 Å². The summed E-state index contributed by atoms with van der Waals surface area (Å²) in [5.41, 5.74) is 0. The molecule has 0 saturated heterocycles. The fourth-order valence-corrected chi connectivity index (χ4v) is 0. The summed E-state index contributed by atoms with van der Waals surface area (Å²) in [5, 5.41) is 13.9. The first-order valence-corrected chi connectivity index (χ1v) is 0.651. The normalized spacial score (nSPS) is 3.00. The minimum atomic E-state index is -1.83. The van der Waals surface area contributed by atoms with Crippen LogP contribution in [0.15, 0.2) is 0 Å². The Morgan fingerprint density at radius 1 is 1.25 bits per heavy atom. The van der Waals surface area contributed by atoms with Crippen LogP contribution >= 0.6 is 0 Å². The van der Waals surface area contributed by atoms with Gasteiger partial charge in [-0.25, -0.2) is 4.79 Å². The van der Waals surface area contributed by atoms with Gasteiger partial charge in [-0.2, -0.15) is 0 Å². The predicted octanol–water partition coefficient (Wildman–Crippen LogP) is 0.212. The van der Waals surface area contributed by atoms with Gasteiger partial charge in [0.25, 0.3) is 0 Å². The predicted molar refractivity (Wildman–Crippen MR) is 10.7 cm³/mol. The maximum atomic E-state index is 8.56. The molecule has 3 nitrogen and oxygen atoms in total. The Hall–Kier alpha value is 1.32. The molecule has 0 aromatic rings. The molecule has 0 aromatic carbocycles. The maximum absolute atomic E-state index is 8.56. The van der Waals surface area contributed by atoms with Gasteiger partial charge in [-0.1, -0.05) is 0 Å². The van der Waals surface area contributed by atoms with Crippen molar-refractivity contribution in [3.05, 3.63) is 0 Å². The zero-order valence-corrected chi connectivity index (χ0v) is 7.37. The van der Waals surface area contributed by atoms with Crippen LogP contribution in [0.4, 0.5) is 4.79 Å². The van der Waals surface area contributed by atoms with Crippen molar-refractivity contribution in [2.75, 3.05) is 0 Å². The molecule has 0 fully saturated rings. The molecule has 2 N–H and O–H groups in total. The SMILES string of the molecule is O=C(O)O.[Cu].[Fe].[Mn].[Ni]. The molecule has 0 aliphatic rings. The molecule has 8 heavy (non-hydrogen) atoms. The third kappa shape index (κ3) is 167. The molecular formula is CH2CuFeMnNiO3. The Morgan fingerprint density at radius 2 is 1.25 bits per heavy atom. The van der Waals surface area contributed by atoms with Crippen LogP contribution in [0.3, 0.4) is 0 Å². The summed E-state index contributed by atoms with van der Waals surface area (Å²) < 4.78 is 0. The van der Waals surface area contributed by atoms with Gasteiger partial charge in [0.2, 0.25) is 0 Å². The second-order valence-electron chi connectivity index (χ2n) is 0.283. The van der Waals surface area contributed by atoms with Gasteiger partial charge in [-0.15, -0.1) is 0 Å². The van der Waals surface area contributed by atoms with Crippen LogP contribution in [-0.2, 0) is 67.7 Å². The molecule has 0 aliphatic carbocycles. The second kappa shape index (κ2) is 23.9. The van der Waals surface area contributed by atoms with Crippen molar-refractivity contribution in [3.8, 4) is 0 Å². The minimum absolute atomic E-state index is 0. The van der Waals surface area contributed by atoms with Crippen molar-refractivity contribution >= 4 is 6.16 Å². The quantitative estimate of drug-likeness (QED) is 0.628. The van der Waals surface area contributed by atoms with E-state index in [0.29, 0.717) is 0 Å². The fraction of sp³-hybridized carbons (Fsp3) is 0. The van der Waals surface area contributed by atoms with Gasteiger partial charge in [0.1, 0.15) is 0 Å². The summed E-state index contributed by atoms with van der Waals surface area (Å²) in [6, 6.07) is 0. The van der Waals surface area contributed by atoms with Crippen LogP contribution in [0, 0.1) is 0 Å². The van der Waals surface area contributed by atoms with Crippen molar-refractivity contribution in [1.82, 2.24) is 0 Å². The second-order valence-corrected chi connectivity index (χ2v) is 0.283. The summed E-state index contributed by atoms with van der Waals surface area (Å²) in [5.74, 6) is 0. The molecule has 0 heterocycles. The van der Waals surface area contributed by atoms with Gasteiger partial charge >= 0.3 is 6.16 Å². The van der Waals surface area contributed by atoms with E-state index in [1.165, 1.54) is 0 Å². The van der Waals surface area contributed by atoms with Gasteiger partial charge in [-0.3, -0.25) is 0 Å². The molecule has 2 radical (unpaired) electrons. The van der Waals surface area contributed by atoms with E-state index < -0.39 is 6.16 Å². The molecule has 7 heteroatoms. The third-order valence-electron chi connectivity index (χ3n) is 0. The zero-order chi connectivity index (χ0) is 3.58. The van der Waals surface area contributed by atoms with Crippen LogP contribution in [0.5, 0.6) is 0 Å². The minimum Gasteiger partial charge on any atom is -0.450 e. The molecule has 0 spiro atoms. The largest absolute Gasteiger partial charge is 0.503 e. The van der Waals surface area contributed by atoms with E-state index in [0.717, 1.165) is 0 Å². The molecule has 0 amide bonds. The molecule has 0 unspecified atom stereocenters. The Kier molecular flexibility index (Phi) is 103. The first-order chi connectivity index (χ1) is 1.73. The Balaban J connectivity index is -0.00000000750. The average Bonchev–Trinajstić information content (AvgIpc) is 0.811. The summed E-state index contributed by atoms with van der Waals surface area (Å²) in [4.78, 5) is 8.56. The van der Waals surface area contributed by atoms with Gasteiger partial charge in [0, 0.05) is 67.7 Å². The van der Waals surface area contributed by atoms with Gasteiger partial charge < -0.3 is 10.2 Å². The van der Waals surface area contributed by atoms with Crippen molar-refractivity contribution in [1.29, 1.82) is 0 Å². The number of carbonyl (C=O) groups is 1.